The highest BCUT2D eigenvalue weighted by atomic mass is 35.5. The van der Waals surface area contributed by atoms with Crippen LogP contribution in [0.15, 0.2) is 24.3 Å². The number of hydrogen-bond donors (Lipinski definition) is 2. The minimum absolute atomic E-state index is 0.537. The van der Waals surface area contributed by atoms with Crippen molar-refractivity contribution >= 4 is 17.7 Å². The largest absolute Gasteiger partial charge is 0.444 e. The van der Waals surface area contributed by atoms with Crippen molar-refractivity contribution in [2.45, 2.75) is 51.9 Å². The number of nitrogens with one attached hydrogen (secondary N) is 1. The Morgan fingerprint density at radius 1 is 1.30 bits per heavy atom. The van der Waals surface area contributed by atoms with Crippen LogP contribution in [0.4, 0.5) is 4.79 Å². The van der Waals surface area contributed by atoms with Crippen molar-refractivity contribution in [2.75, 3.05) is 0 Å². The van der Waals surface area contributed by atoms with Crippen molar-refractivity contribution in [2.24, 2.45) is 0 Å². The van der Waals surface area contributed by atoms with E-state index in [0.717, 1.165) is 0 Å². The molecule has 0 bridgehead atoms. The molecule has 0 fully saturated rings. The van der Waals surface area contributed by atoms with E-state index in [9.17, 15) is 9.90 Å². The Balaban J connectivity index is 2.80. The maximum atomic E-state index is 11.8. The van der Waals surface area contributed by atoms with Crippen molar-refractivity contribution in [3.63, 3.8) is 0 Å². The zero-order chi connectivity index (χ0) is 15.6. The second-order valence-electron chi connectivity index (χ2n) is 6.31. The highest BCUT2D eigenvalue weighted by molar-refractivity contribution is 6.30. The molecule has 2 N–H and O–H groups in total. The fraction of sp³-hybridized carbons (Fsp3) is 0.533. The van der Waals surface area contributed by atoms with Crippen LogP contribution < -0.4 is 5.32 Å². The minimum atomic E-state index is -0.895. The van der Waals surface area contributed by atoms with E-state index in [1.165, 1.54) is 0 Å². The molecule has 0 aromatic heterocycles. The highest BCUT2D eigenvalue weighted by Crippen LogP contribution is 2.27. The van der Waals surface area contributed by atoms with E-state index in [-0.39, 0.29) is 0 Å². The van der Waals surface area contributed by atoms with Crippen LogP contribution in [-0.4, -0.2) is 22.3 Å². The van der Waals surface area contributed by atoms with Gasteiger partial charge >= 0.3 is 6.09 Å². The maximum Gasteiger partial charge on any atom is 0.408 e. The summed E-state index contributed by atoms with van der Waals surface area (Å²) in [6.07, 6.45) is -1.46. The van der Waals surface area contributed by atoms with Gasteiger partial charge in [-0.1, -0.05) is 23.7 Å². The summed E-state index contributed by atoms with van der Waals surface area (Å²) < 4.78 is 5.20. The number of halogens is 1. The van der Waals surface area contributed by atoms with Crippen LogP contribution >= 0.6 is 11.6 Å². The molecular weight excluding hydrogens is 278 g/mol. The molecule has 1 unspecified atom stereocenters. The molecule has 1 aromatic rings. The number of carbonyl (C=O) groups excluding carboxylic acids is 1. The third-order valence-electron chi connectivity index (χ3n) is 2.67. The predicted molar refractivity (Wildman–Crippen MR) is 79.9 cm³/mol. The lowest BCUT2D eigenvalue weighted by molar-refractivity contribution is 0.0291. The molecule has 0 radical (unpaired) electrons. The highest BCUT2D eigenvalue weighted by Gasteiger charge is 2.32. The van der Waals surface area contributed by atoms with Gasteiger partial charge in [0.15, 0.2) is 0 Å². The van der Waals surface area contributed by atoms with Gasteiger partial charge in [0.2, 0.25) is 0 Å². The molecule has 5 heteroatoms. The summed E-state index contributed by atoms with van der Waals surface area (Å²) in [5, 5.41) is 13.6. The van der Waals surface area contributed by atoms with E-state index in [2.05, 4.69) is 5.32 Å². The second kappa shape index (κ2) is 6.02. The summed E-state index contributed by atoms with van der Waals surface area (Å²) in [6, 6.07) is 6.91. The van der Waals surface area contributed by atoms with Crippen molar-refractivity contribution in [3.05, 3.63) is 34.9 Å². The number of benzene rings is 1. The molecule has 4 nitrogen and oxygen atoms in total. The molecule has 0 aliphatic rings. The first kappa shape index (κ1) is 16.8. The van der Waals surface area contributed by atoms with Crippen LogP contribution in [-0.2, 0) is 4.74 Å². The molecule has 1 aromatic carbocycles. The average molecular weight is 300 g/mol. The summed E-state index contributed by atoms with van der Waals surface area (Å²) in [7, 11) is 0. The number of carbonyl (C=O) groups is 1. The molecule has 0 aliphatic heterocycles. The third kappa shape index (κ3) is 5.02. The number of rotatable bonds is 3. The van der Waals surface area contributed by atoms with Gasteiger partial charge in [-0.2, -0.15) is 0 Å². The summed E-state index contributed by atoms with van der Waals surface area (Å²) in [4.78, 5) is 11.8. The summed E-state index contributed by atoms with van der Waals surface area (Å²) in [6.45, 7) is 8.80. The normalized spacial score (nSPS) is 13.8. The first-order chi connectivity index (χ1) is 9.01. The van der Waals surface area contributed by atoms with Crippen molar-refractivity contribution in [1.29, 1.82) is 0 Å². The van der Waals surface area contributed by atoms with Crippen molar-refractivity contribution in [1.82, 2.24) is 5.32 Å². The van der Waals surface area contributed by atoms with Crippen LogP contribution in [0.25, 0.3) is 0 Å². The smallest absolute Gasteiger partial charge is 0.408 e. The molecular formula is C15H22ClNO3. The van der Waals surface area contributed by atoms with Gasteiger partial charge in [0.05, 0.1) is 5.54 Å². The predicted octanol–water partition coefficient (Wildman–Crippen LogP) is 3.68. The van der Waals surface area contributed by atoms with E-state index >= 15 is 0 Å². The number of aliphatic hydroxyl groups is 1. The monoisotopic (exact) mass is 299 g/mol. The zero-order valence-corrected chi connectivity index (χ0v) is 13.3. The molecule has 0 heterocycles. The van der Waals surface area contributed by atoms with Gasteiger partial charge in [-0.15, -0.1) is 0 Å². The quantitative estimate of drug-likeness (QED) is 0.895. The topological polar surface area (TPSA) is 58.6 Å². The lowest BCUT2D eigenvalue weighted by Gasteiger charge is -2.33. The van der Waals surface area contributed by atoms with Crippen LogP contribution in [0, 0.1) is 0 Å². The van der Waals surface area contributed by atoms with E-state index < -0.39 is 23.3 Å². The number of aliphatic hydroxyl groups excluding tert-OH is 1. The lowest BCUT2D eigenvalue weighted by Crippen LogP contribution is -2.49. The molecule has 0 spiro atoms. The summed E-state index contributed by atoms with van der Waals surface area (Å²) in [5.74, 6) is 0. The number of ether oxygens (including phenoxy) is 1. The Bertz CT molecular complexity index is 480. The van der Waals surface area contributed by atoms with E-state index in [4.69, 9.17) is 16.3 Å². The molecule has 1 atom stereocenters. The first-order valence-corrected chi connectivity index (χ1v) is 6.84. The van der Waals surface area contributed by atoms with E-state index in [1.54, 1.807) is 58.9 Å². The summed E-state index contributed by atoms with van der Waals surface area (Å²) in [5.41, 5.74) is -0.827. The van der Waals surface area contributed by atoms with E-state index in [1.807, 2.05) is 0 Å². The van der Waals surface area contributed by atoms with Crippen LogP contribution in [0.3, 0.4) is 0 Å². The van der Waals surface area contributed by atoms with Gasteiger partial charge in [-0.05, 0) is 52.3 Å². The Labute approximate surface area is 125 Å². The van der Waals surface area contributed by atoms with Gasteiger partial charge in [0.25, 0.3) is 0 Å². The minimum Gasteiger partial charge on any atom is -0.444 e. The first-order valence-electron chi connectivity index (χ1n) is 6.46. The Morgan fingerprint density at radius 3 is 2.40 bits per heavy atom. The molecule has 1 rings (SSSR count). The van der Waals surface area contributed by atoms with Gasteiger partial charge in [-0.25, -0.2) is 4.79 Å². The van der Waals surface area contributed by atoms with Gasteiger partial charge in [0.1, 0.15) is 11.7 Å². The molecule has 0 aliphatic carbocycles. The fourth-order valence-corrected chi connectivity index (χ4v) is 1.93. The van der Waals surface area contributed by atoms with Gasteiger partial charge in [-0.3, -0.25) is 0 Å². The molecule has 20 heavy (non-hydrogen) atoms. The van der Waals surface area contributed by atoms with Crippen LogP contribution in [0.2, 0.25) is 5.02 Å². The maximum absolute atomic E-state index is 11.8. The molecule has 0 saturated carbocycles. The molecule has 0 saturated heterocycles. The van der Waals surface area contributed by atoms with E-state index in [0.29, 0.717) is 10.6 Å². The average Bonchev–Trinajstić information content (AvgIpc) is 2.24. The Morgan fingerprint density at radius 2 is 1.90 bits per heavy atom. The van der Waals surface area contributed by atoms with Crippen molar-refractivity contribution < 1.29 is 14.6 Å². The van der Waals surface area contributed by atoms with Gasteiger partial charge in [0, 0.05) is 5.02 Å². The SMILES string of the molecule is CC(C)(C)OC(=O)NC(C)(C)C(O)c1cccc(Cl)c1. The third-order valence-corrected chi connectivity index (χ3v) is 2.91. The molecule has 1 amide bonds. The van der Waals surface area contributed by atoms with Crippen molar-refractivity contribution in [3.8, 4) is 0 Å². The fourth-order valence-electron chi connectivity index (χ4n) is 1.73. The van der Waals surface area contributed by atoms with Gasteiger partial charge < -0.3 is 15.2 Å². The standard InChI is InChI=1S/C15H22ClNO3/c1-14(2,3)20-13(19)17-15(4,5)12(18)10-7-6-8-11(16)9-10/h6-9,12,18H,1-5H3,(H,17,19). The number of amides is 1. The second-order valence-corrected chi connectivity index (χ2v) is 6.74. The van der Waals surface area contributed by atoms with Crippen LogP contribution in [0.1, 0.15) is 46.3 Å². The Kier molecular flexibility index (Phi) is 5.05. The summed E-state index contributed by atoms with van der Waals surface area (Å²) >= 11 is 5.91. The molecule has 112 valence electrons. The van der Waals surface area contributed by atoms with Crippen LogP contribution in [0.5, 0.6) is 0 Å². The lowest BCUT2D eigenvalue weighted by atomic mass is 9.91. The zero-order valence-electron chi connectivity index (χ0n) is 12.5. The Hall–Kier alpha value is -1.26. The number of hydrogen-bond acceptors (Lipinski definition) is 3. The number of alkyl carbamates (subject to hydrolysis) is 1.